The van der Waals surface area contributed by atoms with E-state index in [1.54, 1.807) is 21.3 Å². The molecule has 0 aliphatic carbocycles. The Labute approximate surface area is 113 Å². The van der Waals surface area contributed by atoms with Gasteiger partial charge in [0.15, 0.2) is 11.5 Å². The van der Waals surface area contributed by atoms with Crippen molar-refractivity contribution >= 4 is 0 Å². The van der Waals surface area contributed by atoms with Gasteiger partial charge in [-0.25, -0.2) is 0 Å². The molecule has 106 valence electrons. The van der Waals surface area contributed by atoms with Crippen LogP contribution in [0, 0.1) is 0 Å². The molecule has 0 radical (unpaired) electrons. The van der Waals surface area contributed by atoms with Crippen LogP contribution in [-0.4, -0.2) is 40.6 Å². The van der Waals surface area contributed by atoms with E-state index in [1.807, 2.05) is 12.1 Å². The van der Waals surface area contributed by atoms with Crippen molar-refractivity contribution in [2.75, 3.05) is 34.5 Å². The van der Waals surface area contributed by atoms with Crippen molar-refractivity contribution in [2.24, 2.45) is 0 Å². The largest absolute Gasteiger partial charge is 0.496 e. The van der Waals surface area contributed by atoms with Crippen molar-refractivity contribution in [1.82, 2.24) is 5.32 Å². The van der Waals surface area contributed by atoms with E-state index >= 15 is 0 Å². The molecule has 1 aliphatic heterocycles. The zero-order chi connectivity index (χ0) is 13.7. The Balaban J connectivity index is 2.12. The van der Waals surface area contributed by atoms with Crippen molar-refractivity contribution in [3.8, 4) is 17.2 Å². The summed E-state index contributed by atoms with van der Waals surface area (Å²) in [6, 6.07) is 4.21. The molecule has 0 amide bonds. The summed E-state index contributed by atoms with van der Waals surface area (Å²) >= 11 is 0. The third-order valence-corrected chi connectivity index (χ3v) is 3.30. The van der Waals surface area contributed by atoms with Crippen LogP contribution in [0.1, 0.15) is 12.0 Å². The summed E-state index contributed by atoms with van der Waals surface area (Å²) in [5.74, 6) is 2.18. The van der Waals surface area contributed by atoms with E-state index in [0.29, 0.717) is 17.5 Å². The molecule has 0 aromatic heterocycles. The highest BCUT2D eigenvalue weighted by atomic mass is 16.5. The predicted molar refractivity (Wildman–Crippen MR) is 72.2 cm³/mol. The van der Waals surface area contributed by atoms with Crippen LogP contribution in [0.4, 0.5) is 0 Å². The number of rotatable bonds is 6. The maximum absolute atomic E-state index is 5.40. The van der Waals surface area contributed by atoms with Crippen LogP contribution < -0.4 is 19.5 Å². The highest BCUT2D eigenvalue weighted by Gasteiger charge is 2.17. The topological polar surface area (TPSA) is 49.0 Å². The van der Waals surface area contributed by atoms with Crippen LogP contribution in [0.25, 0.3) is 0 Å². The van der Waals surface area contributed by atoms with Gasteiger partial charge in [0.1, 0.15) is 5.75 Å². The molecule has 1 fully saturated rings. The Hall–Kier alpha value is -1.46. The van der Waals surface area contributed by atoms with Crippen LogP contribution in [0.3, 0.4) is 0 Å². The van der Waals surface area contributed by atoms with Gasteiger partial charge in [0.25, 0.3) is 0 Å². The van der Waals surface area contributed by atoms with Gasteiger partial charge in [0.2, 0.25) is 0 Å². The molecular formula is C14H21NO4. The van der Waals surface area contributed by atoms with Crippen molar-refractivity contribution in [1.29, 1.82) is 0 Å². The number of hydrogen-bond acceptors (Lipinski definition) is 5. The zero-order valence-electron chi connectivity index (χ0n) is 11.7. The lowest BCUT2D eigenvalue weighted by Crippen LogP contribution is -2.28. The van der Waals surface area contributed by atoms with E-state index in [0.717, 1.165) is 37.5 Å². The molecule has 1 atom stereocenters. The summed E-state index contributed by atoms with van der Waals surface area (Å²) in [6.07, 6.45) is 1.05. The first-order valence-corrected chi connectivity index (χ1v) is 6.38. The lowest BCUT2D eigenvalue weighted by Gasteiger charge is -2.16. The Morgan fingerprint density at radius 3 is 2.37 bits per heavy atom. The average Bonchev–Trinajstić information content (AvgIpc) is 2.97. The molecule has 1 saturated heterocycles. The minimum atomic E-state index is 0.415. The quantitative estimate of drug-likeness (QED) is 0.848. The minimum Gasteiger partial charge on any atom is -0.496 e. The van der Waals surface area contributed by atoms with Gasteiger partial charge in [0, 0.05) is 30.8 Å². The fourth-order valence-electron chi connectivity index (χ4n) is 2.18. The first-order chi connectivity index (χ1) is 9.28. The Morgan fingerprint density at radius 2 is 1.79 bits per heavy atom. The van der Waals surface area contributed by atoms with Crippen molar-refractivity contribution in [3.63, 3.8) is 0 Å². The van der Waals surface area contributed by atoms with Gasteiger partial charge in [-0.2, -0.15) is 0 Å². The van der Waals surface area contributed by atoms with Gasteiger partial charge >= 0.3 is 0 Å². The molecule has 5 nitrogen and oxygen atoms in total. The van der Waals surface area contributed by atoms with Crippen molar-refractivity contribution in [2.45, 2.75) is 19.0 Å². The number of ether oxygens (including phenoxy) is 4. The van der Waals surface area contributed by atoms with Crippen LogP contribution in [0.2, 0.25) is 0 Å². The second kappa shape index (κ2) is 6.63. The average molecular weight is 267 g/mol. The fraction of sp³-hybridized carbons (Fsp3) is 0.571. The van der Waals surface area contributed by atoms with Crippen LogP contribution in [0.5, 0.6) is 17.2 Å². The Bertz CT molecular complexity index is 416. The van der Waals surface area contributed by atoms with Gasteiger partial charge in [-0.05, 0) is 12.5 Å². The molecule has 1 heterocycles. The molecule has 5 heteroatoms. The fourth-order valence-corrected chi connectivity index (χ4v) is 2.18. The molecule has 1 N–H and O–H groups in total. The molecule has 2 rings (SSSR count). The number of hydrogen-bond donors (Lipinski definition) is 1. The second-order valence-electron chi connectivity index (χ2n) is 4.46. The summed E-state index contributed by atoms with van der Waals surface area (Å²) in [5, 5.41) is 3.46. The van der Waals surface area contributed by atoms with E-state index in [1.165, 1.54) is 0 Å². The third kappa shape index (κ3) is 3.30. The molecule has 19 heavy (non-hydrogen) atoms. The highest BCUT2D eigenvalue weighted by molar-refractivity contribution is 5.50. The molecule has 0 spiro atoms. The lowest BCUT2D eigenvalue weighted by atomic mass is 10.1. The first kappa shape index (κ1) is 14.0. The van der Waals surface area contributed by atoms with Gasteiger partial charge < -0.3 is 24.3 Å². The molecule has 0 bridgehead atoms. The lowest BCUT2D eigenvalue weighted by molar-refractivity contribution is 0.189. The smallest absolute Gasteiger partial charge is 0.164 e. The van der Waals surface area contributed by atoms with Gasteiger partial charge in [-0.15, -0.1) is 0 Å². The van der Waals surface area contributed by atoms with Crippen molar-refractivity contribution in [3.05, 3.63) is 17.7 Å². The minimum absolute atomic E-state index is 0.415. The molecule has 1 aromatic rings. The summed E-state index contributed by atoms with van der Waals surface area (Å²) < 4.78 is 21.3. The van der Waals surface area contributed by atoms with E-state index in [9.17, 15) is 0 Å². The number of methoxy groups -OCH3 is 3. The van der Waals surface area contributed by atoms with E-state index in [4.69, 9.17) is 18.9 Å². The molecular weight excluding hydrogens is 246 g/mol. The van der Waals surface area contributed by atoms with Crippen LogP contribution in [-0.2, 0) is 11.3 Å². The van der Waals surface area contributed by atoms with E-state index in [2.05, 4.69) is 5.32 Å². The molecule has 1 aromatic carbocycles. The van der Waals surface area contributed by atoms with E-state index < -0.39 is 0 Å². The molecule has 0 saturated carbocycles. The molecule has 1 aliphatic rings. The Morgan fingerprint density at radius 1 is 1.11 bits per heavy atom. The van der Waals surface area contributed by atoms with Crippen LogP contribution >= 0.6 is 0 Å². The third-order valence-electron chi connectivity index (χ3n) is 3.30. The summed E-state index contributed by atoms with van der Waals surface area (Å²) in [7, 11) is 4.90. The summed E-state index contributed by atoms with van der Waals surface area (Å²) in [6.45, 7) is 2.33. The maximum Gasteiger partial charge on any atom is 0.164 e. The Kier molecular flexibility index (Phi) is 4.87. The van der Waals surface area contributed by atoms with Gasteiger partial charge in [0.05, 0.1) is 27.9 Å². The standard InChI is InChI=1S/C14H21NO4/c1-16-12-7-14(18-3)13(17-2)6-10(12)8-15-11-4-5-19-9-11/h6-7,11,15H,4-5,8-9H2,1-3H3. The van der Waals surface area contributed by atoms with Gasteiger partial charge in [-0.1, -0.05) is 0 Å². The molecule has 1 unspecified atom stereocenters. The zero-order valence-corrected chi connectivity index (χ0v) is 11.7. The normalized spacial score (nSPS) is 18.4. The van der Waals surface area contributed by atoms with E-state index in [-0.39, 0.29) is 0 Å². The summed E-state index contributed by atoms with van der Waals surface area (Å²) in [5.41, 5.74) is 1.05. The second-order valence-corrected chi connectivity index (χ2v) is 4.46. The monoisotopic (exact) mass is 267 g/mol. The maximum atomic E-state index is 5.40. The van der Waals surface area contributed by atoms with Gasteiger partial charge in [-0.3, -0.25) is 0 Å². The number of benzene rings is 1. The van der Waals surface area contributed by atoms with Crippen LogP contribution in [0.15, 0.2) is 12.1 Å². The highest BCUT2D eigenvalue weighted by Crippen LogP contribution is 2.34. The van der Waals surface area contributed by atoms with Crippen molar-refractivity contribution < 1.29 is 18.9 Å². The number of nitrogens with one attached hydrogen (secondary N) is 1. The SMILES string of the molecule is COc1cc(OC)c(OC)cc1CNC1CCOC1. The summed E-state index contributed by atoms with van der Waals surface area (Å²) in [4.78, 5) is 0. The first-order valence-electron chi connectivity index (χ1n) is 6.38. The predicted octanol–water partition coefficient (Wildman–Crippen LogP) is 1.59.